The van der Waals surface area contributed by atoms with Gasteiger partial charge in [-0.3, -0.25) is 0 Å². The molecule has 0 amide bonds. The van der Waals surface area contributed by atoms with E-state index in [-0.39, 0.29) is 12.5 Å². The Morgan fingerprint density at radius 2 is 2.14 bits per heavy atom. The molecule has 1 heterocycles. The van der Waals surface area contributed by atoms with Gasteiger partial charge in [0.15, 0.2) is 5.69 Å². The summed E-state index contributed by atoms with van der Waals surface area (Å²) < 4.78 is 36.0. The topological polar surface area (TPSA) is 52.3 Å². The van der Waals surface area contributed by atoms with Crippen LogP contribution in [-0.4, -0.2) is 23.8 Å². The minimum absolute atomic E-state index is 0.0155. The third-order valence-corrected chi connectivity index (χ3v) is 3.45. The first kappa shape index (κ1) is 15.5. The van der Waals surface area contributed by atoms with Crippen molar-refractivity contribution < 1.29 is 22.7 Å². The number of alkyl halides is 2. The third-order valence-electron chi connectivity index (χ3n) is 2.66. The lowest BCUT2D eigenvalue weighted by molar-refractivity contribution is 0.0476. The Morgan fingerprint density at radius 1 is 1.43 bits per heavy atom. The molecule has 1 aromatic carbocycles. The summed E-state index contributed by atoms with van der Waals surface area (Å²) in [5.41, 5.74) is -0.137. The number of ether oxygens (including phenoxy) is 1. The number of esters is 1. The smallest absolute Gasteiger partial charge is 0.376 e. The maximum atomic E-state index is 13.0. The fraction of sp³-hybridized carbons (Fsp3) is 0.286. The van der Waals surface area contributed by atoms with Crippen molar-refractivity contribution >= 4 is 17.7 Å². The average molecular weight is 313 g/mol. The summed E-state index contributed by atoms with van der Waals surface area (Å²) in [5.74, 6) is -1.50. The third kappa shape index (κ3) is 3.24. The highest BCUT2D eigenvalue weighted by Crippen LogP contribution is 2.33. The Morgan fingerprint density at radius 3 is 2.76 bits per heavy atom. The van der Waals surface area contributed by atoms with Crippen LogP contribution >= 0.6 is 11.8 Å². The van der Waals surface area contributed by atoms with Crippen molar-refractivity contribution in [2.45, 2.75) is 18.2 Å². The van der Waals surface area contributed by atoms with Crippen LogP contribution in [0.2, 0.25) is 0 Å². The second-order valence-electron chi connectivity index (χ2n) is 3.95. The van der Waals surface area contributed by atoms with Gasteiger partial charge in [-0.25, -0.2) is 18.6 Å². The number of hydrogen-bond donors (Lipinski definition) is 0. The van der Waals surface area contributed by atoms with E-state index >= 15 is 0 Å². The summed E-state index contributed by atoms with van der Waals surface area (Å²) in [7, 11) is 0. The SMILES string of the molecule is CCOC(=O)c1oc(-c2ccccc2SC)nc1C(F)F. The van der Waals surface area contributed by atoms with E-state index in [1.54, 1.807) is 19.1 Å². The number of rotatable bonds is 5. The summed E-state index contributed by atoms with van der Waals surface area (Å²) in [4.78, 5) is 16.3. The molecule has 1 aromatic heterocycles. The van der Waals surface area contributed by atoms with Crippen molar-refractivity contribution in [2.75, 3.05) is 12.9 Å². The van der Waals surface area contributed by atoms with Crippen LogP contribution < -0.4 is 0 Å². The molecule has 0 fully saturated rings. The van der Waals surface area contributed by atoms with Gasteiger partial charge in [-0.05, 0) is 25.3 Å². The lowest BCUT2D eigenvalue weighted by atomic mass is 10.2. The first-order valence-electron chi connectivity index (χ1n) is 6.17. The number of benzene rings is 1. The summed E-state index contributed by atoms with van der Waals surface area (Å²) in [6, 6.07) is 7.07. The standard InChI is InChI=1S/C14H13F2NO3S/c1-3-19-14(18)11-10(12(15)16)17-13(20-11)8-6-4-5-7-9(8)21-2/h4-7,12H,3H2,1-2H3. The molecule has 0 bridgehead atoms. The lowest BCUT2D eigenvalue weighted by Crippen LogP contribution is -2.06. The molecule has 0 saturated heterocycles. The first-order chi connectivity index (χ1) is 10.1. The largest absolute Gasteiger partial charge is 0.460 e. The highest BCUT2D eigenvalue weighted by atomic mass is 32.2. The van der Waals surface area contributed by atoms with Crippen LogP contribution in [0.15, 0.2) is 33.6 Å². The van der Waals surface area contributed by atoms with Gasteiger partial charge in [0.25, 0.3) is 6.43 Å². The number of thioether (sulfide) groups is 1. The van der Waals surface area contributed by atoms with Crippen LogP contribution in [0.3, 0.4) is 0 Å². The molecule has 0 radical (unpaired) electrons. The number of nitrogens with zero attached hydrogens (tertiary/aromatic N) is 1. The van der Waals surface area contributed by atoms with Crippen LogP contribution in [0.25, 0.3) is 11.5 Å². The fourth-order valence-corrected chi connectivity index (χ4v) is 2.35. The Labute approximate surface area is 124 Å². The Hall–Kier alpha value is -1.89. The van der Waals surface area contributed by atoms with Crippen molar-refractivity contribution in [3.05, 3.63) is 35.7 Å². The first-order valence-corrected chi connectivity index (χ1v) is 7.40. The van der Waals surface area contributed by atoms with Crippen molar-refractivity contribution in [3.8, 4) is 11.5 Å². The van der Waals surface area contributed by atoms with Crippen molar-refractivity contribution in [1.82, 2.24) is 4.98 Å². The highest BCUT2D eigenvalue weighted by molar-refractivity contribution is 7.98. The van der Waals surface area contributed by atoms with Gasteiger partial charge in [0.2, 0.25) is 11.7 Å². The highest BCUT2D eigenvalue weighted by Gasteiger charge is 2.28. The number of hydrogen-bond acceptors (Lipinski definition) is 5. The van der Waals surface area contributed by atoms with Crippen molar-refractivity contribution in [1.29, 1.82) is 0 Å². The van der Waals surface area contributed by atoms with Gasteiger partial charge < -0.3 is 9.15 Å². The molecule has 21 heavy (non-hydrogen) atoms. The van der Waals surface area contributed by atoms with Gasteiger partial charge in [-0.1, -0.05) is 12.1 Å². The lowest BCUT2D eigenvalue weighted by Gasteiger charge is -2.02. The van der Waals surface area contributed by atoms with Gasteiger partial charge in [-0.15, -0.1) is 11.8 Å². The van der Waals surface area contributed by atoms with Crippen LogP contribution in [0.5, 0.6) is 0 Å². The van der Waals surface area contributed by atoms with E-state index in [4.69, 9.17) is 9.15 Å². The molecule has 0 aliphatic heterocycles. The molecule has 0 unspecified atom stereocenters. The summed E-state index contributed by atoms with van der Waals surface area (Å²) >= 11 is 1.43. The van der Waals surface area contributed by atoms with Crippen molar-refractivity contribution in [3.63, 3.8) is 0 Å². The van der Waals surface area contributed by atoms with Crippen LogP contribution in [-0.2, 0) is 4.74 Å². The van der Waals surface area contributed by atoms with Gasteiger partial charge in [0.1, 0.15) is 0 Å². The average Bonchev–Trinajstić information content (AvgIpc) is 2.92. The van der Waals surface area contributed by atoms with E-state index < -0.39 is 23.8 Å². The zero-order valence-corrected chi connectivity index (χ0v) is 12.2. The minimum atomic E-state index is -2.91. The zero-order chi connectivity index (χ0) is 15.4. The molecule has 0 saturated carbocycles. The molecule has 0 aliphatic rings. The molecule has 0 aliphatic carbocycles. The van der Waals surface area contributed by atoms with E-state index in [2.05, 4.69) is 4.98 Å². The Balaban J connectivity index is 2.51. The Kier molecular flexibility index (Phi) is 4.95. The number of carbonyl (C=O) groups excluding carboxylic acids is 1. The molecular weight excluding hydrogens is 300 g/mol. The summed E-state index contributed by atoms with van der Waals surface area (Å²) in [6.45, 7) is 1.65. The molecule has 0 atom stereocenters. The fourth-order valence-electron chi connectivity index (χ4n) is 1.76. The monoisotopic (exact) mass is 313 g/mol. The molecule has 2 rings (SSSR count). The minimum Gasteiger partial charge on any atom is -0.460 e. The van der Waals surface area contributed by atoms with Gasteiger partial charge >= 0.3 is 5.97 Å². The van der Waals surface area contributed by atoms with E-state index in [1.807, 2.05) is 18.4 Å². The summed E-state index contributed by atoms with van der Waals surface area (Å²) in [6.07, 6.45) is -1.06. The van der Waals surface area contributed by atoms with Gasteiger partial charge in [0.05, 0.1) is 12.2 Å². The molecule has 2 aromatic rings. The summed E-state index contributed by atoms with van der Waals surface area (Å²) in [5, 5.41) is 0. The number of halogens is 2. The number of carbonyl (C=O) groups is 1. The maximum absolute atomic E-state index is 13.0. The second kappa shape index (κ2) is 6.71. The zero-order valence-electron chi connectivity index (χ0n) is 11.4. The van der Waals surface area contributed by atoms with Gasteiger partial charge in [0, 0.05) is 4.90 Å². The number of oxazole rings is 1. The Bertz CT molecular complexity index is 643. The molecule has 4 nitrogen and oxygen atoms in total. The van der Waals surface area contributed by atoms with Crippen LogP contribution in [0.4, 0.5) is 8.78 Å². The number of aromatic nitrogens is 1. The predicted molar refractivity (Wildman–Crippen MR) is 74.6 cm³/mol. The van der Waals surface area contributed by atoms with Gasteiger partial charge in [-0.2, -0.15) is 0 Å². The molecule has 112 valence electrons. The normalized spacial score (nSPS) is 10.9. The van der Waals surface area contributed by atoms with E-state index in [0.29, 0.717) is 5.56 Å². The maximum Gasteiger partial charge on any atom is 0.376 e. The van der Waals surface area contributed by atoms with Crippen LogP contribution in [0, 0.1) is 0 Å². The van der Waals surface area contributed by atoms with E-state index in [1.165, 1.54) is 11.8 Å². The predicted octanol–water partition coefficient (Wildman–Crippen LogP) is 4.18. The molecule has 0 spiro atoms. The molecular formula is C14H13F2NO3S. The van der Waals surface area contributed by atoms with Crippen LogP contribution in [0.1, 0.15) is 29.6 Å². The quantitative estimate of drug-likeness (QED) is 0.612. The van der Waals surface area contributed by atoms with E-state index in [9.17, 15) is 13.6 Å². The van der Waals surface area contributed by atoms with Crippen molar-refractivity contribution in [2.24, 2.45) is 0 Å². The van der Waals surface area contributed by atoms with E-state index in [0.717, 1.165) is 4.90 Å². The molecule has 0 N–H and O–H groups in total. The second-order valence-corrected chi connectivity index (χ2v) is 4.80. The molecule has 7 heteroatoms.